The smallest absolute Gasteiger partial charge is 0.251 e. The molecule has 144 valence electrons. The Labute approximate surface area is 156 Å². The van der Waals surface area contributed by atoms with Crippen LogP contribution in [0.5, 0.6) is 5.75 Å². The van der Waals surface area contributed by atoms with Crippen molar-refractivity contribution in [1.29, 1.82) is 0 Å². The van der Waals surface area contributed by atoms with Crippen LogP contribution in [0.4, 0.5) is 0 Å². The first-order valence-corrected chi connectivity index (χ1v) is 9.82. The van der Waals surface area contributed by atoms with Crippen molar-refractivity contribution < 1.29 is 14.3 Å². The van der Waals surface area contributed by atoms with Crippen molar-refractivity contribution >= 4 is 11.8 Å². The van der Waals surface area contributed by atoms with Gasteiger partial charge in [-0.15, -0.1) is 0 Å². The summed E-state index contributed by atoms with van der Waals surface area (Å²) in [4.78, 5) is 25.1. The predicted octanol–water partition coefficient (Wildman–Crippen LogP) is 3.54. The third-order valence-corrected chi connectivity index (χ3v) is 4.95. The van der Waals surface area contributed by atoms with E-state index in [4.69, 9.17) is 4.74 Å². The Hall–Kier alpha value is -2.04. The van der Waals surface area contributed by atoms with E-state index < -0.39 is 6.04 Å². The van der Waals surface area contributed by atoms with Crippen molar-refractivity contribution in [3.05, 3.63) is 29.8 Å². The molecule has 1 atom stereocenters. The molecule has 0 bridgehead atoms. The zero-order chi connectivity index (χ0) is 18.9. The first kappa shape index (κ1) is 20.3. The third kappa shape index (κ3) is 6.04. The number of hydrogen-bond donors (Lipinski definition) is 2. The summed E-state index contributed by atoms with van der Waals surface area (Å²) in [5.74, 6) is 0.995. The van der Waals surface area contributed by atoms with Gasteiger partial charge in [0, 0.05) is 12.1 Å². The molecule has 5 nitrogen and oxygen atoms in total. The zero-order valence-corrected chi connectivity index (χ0v) is 16.2. The SMILES string of the molecule is CCOc1ccc(C(=O)N[C@@H](C(=O)NCC2CCCCC2)C(C)C)cc1. The van der Waals surface area contributed by atoms with Crippen LogP contribution in [0.1, 0.15) is 63.2 Å². The highest BCUT2D eigenvalue weighted by molar-refractivity contribution is 5.97. The number of carbonyl (C=O) groups is 2. The fourth-order valence-corrected chi connectivity index (χ4v) is 3.37. The largest absolute Gasteiger partial charge is 0.494 e. The van der Waals surface area contributed by atoms with Gasteiger partial charge in [0.15, 0.2) is 0 Å². The molecule has 0 radical (unpaired) electrons. The molecule has 0 aliphatic heterocycles. The second-order valence-corrected chi connectivity index (χ2v) is 7.40. The summed E-state index contributed by atoms with van der Waals surface area (Å²) in [7, 11) is 0. The number of carbonyl (C=O) groups excluding carboxylic acids is 2. The van der Waals surface area contributed by atoms with Crippen LogP contribution in [0.15, 0.2) is 24.3 Å². The molecule has 1 aromatic rings. The Balaban J connectivity index is 1.91. The summed E-state index contributed by atoms with van der Waals surface area (Å²) >= 11 is 0. The molecular weight excluding hydrogens is 328 g/mol. The summed E-state index contributed by atoms with van der Waals surface area (Å²) in [6.07, 6.45) is 6.18. The van der Waals surface area contributed by atoms with E-state index in [0.29, 0.717) is 24.6 Å². The molecule has 0 spiro atoms. The molecule has 1 fully saturated rings. The van der Waals surface area contributed by atoms with Gasteiger partial charge in [-0.2, -0.15) is 0 Å². The van der Waals surface area contributed by atoms with Crippen LogP contribution in [0.2, 0.25) is 0 Å². The molecule has 26 heavy (non-hydrogen) atoms. The van der Waals surface area contributed by atoms with E-state index in [0.717, 1.165) is 5.75 Å². The second kappa shape index (κ2) is 10.2. The first-order valence-electron chi connectivity index (χ1n) is 9.82. The van der Waals surface area contributed by atoms with Crippen LogP contribution in [-0.2, 0) is 4.79 Å². The Kier molecular flexibility index (Phi) is 7.95. The van der Waals surface area contributed by atoms with Crippen LogP contribution in [0, 0.1) is 11.8 Å². The lowest BCUT2D eigenvalue weighted by molar-refractivity contribution is -0.124. The van der Waals surface area contributed by atoms with Gasteiger partial charge in [-0.1, -0.05) is 33.1 Å². The summed E-state index contributed by atoms with van der Waals surface area (Å²) in [5.41, 5.74) is 0.527. The lowest BCUT2D eigenvalue weighted by Crippen LogP contribution is -2.50. The van der Waals surface area contributed by atoms with Gasteiger partial charge in [-0.25, -0.2) is 0 Å². The molecule has 1 aliphatic rings. The van der Waals surface area contributed by atoms with Crippen LogP contribution in [0.25, 0.3) is 0 Å². The molecule has 2 N–H and O–H groups in total. The minimum absolute atomic E-state index is 0.0213. The fourth-order valence-electron chi connectivity index (χ4n) is 3.37. The number of ether oxygens (including phenoxy) is 1. The van der Waals surface area contributed by atoms with Crippen molar-refractivity contribution in [2.24, 2.45) is 11.8 Å². The van der Waals surface area contributed by atoms with Crippen LogP contribution in [0.3, 0.4) is 0 Å². The van der Waals surface area contributed by atoms with Crippen molar-refractivity contribution in [2.75, 3.05) is 13.2 Å². The molecule has 0 heterocycles. The second-order valence-electron chi connectivity index (χ2n) is 7.40. The summed E-state index contributed by atoms with van der Waals surface area (Å²) in [6.45, 7) is 7.11. The highest BCUT2D eigenvalue weighted by atomic mass is 16.5. The summed E-state index contributed by atoms with van der Waals surface area (Å²) < 4.78 is 5.39. The molecule has 1 aromatic carbocycles. The van der Waals surface area contributed by atoms with E-state index in [1.165, 1.54) is 32.1 Å². The molecule has 0 unspecified atom stereocenters. The first-order chi connectivity index (χ1) is 12.5. The van der Waals surface area contributed by atoms with Crippen molar-refractivity contribution in [3.8, 4) is 5.75 Å². The molecule has 1 aliphatic carbocycles. The topological polar surface area (TPSA) is 67.4 Å². The summed E-state index contributed by atoms with van der Waals surface area (Å²) in [5, 5.41) is 5.92. The normalized spacial score (nSPS) is 16.2. The predicted molar refractivity (Wildman–Crippen MR) is 103 cm³/mol. The van der Waals surface area contributed by atoms with Crippen molar-refractivity contribution in [3.63, 3.8) is 0 Å². The number of nitrogens with one attached hydrogen (secondary N) is 2. The minimum atomic E-state index is -0.530. The average Bonchev–Trinajstić information content (AvgIpc) is 2.65. The number of benzene rings is 1. The Morgan fingerprint density at radius 2 is 1.77 bits per heavy atom. The van der Waals surface area contributed by atoms with E-state index in [2.05, 4.69) is 10.6 Å². The Bertz CT molecular complexity index is 577. The average molecular weight is 360 g/mol. The monoisotopic (exact) mass is 360 g/mol. The van der Waals surface area contributed by atoms with Crippen molar-refractivity contribution in [1.82, 2.24) is 10.6 Å². The molecule has 0 aromatic heterocycles. The lowest BCUT2D eigenvalue weighted by Gasteiger charge is -2.25. The lowest BCUT2D eigenvalue weighted by atomic mass is 9.89. The number of hydrogen-bond acceptors (Lipinski definition) is 3. The highest BCUT2D eigenvalue weighted by Crippen LogP contribution is 2.22. The van der Waals surface area contributed by atoms with E-state index in [1.54, 1.807) is 24.3 Å². The van der Waals surface area contributed by atoms with E-state index >= 15 is 0 Å². The van der Waals surface area contributed by atoms with E-state index in [-0.39, 0.29) is 17.7 Å². The zero-order valence-electron chi connectivity index (χ0n) is 16.2. The quantitative estimate of drug-likeness (QED) is 0.745. The third-order valence-electron chi connectivity index (χ3n) is 4.95. The van der Waals surface area contributed by atoms with Gasteiger partial charge in [0.2, 0.25) is 5.91 Å². The van der Waals surface area contributed by atoms with Crippen molar-refractivity contribution in [2.45, 2.75) is 58.9 Å². The molecule has 5 heteroatoms. The maximum Gasteiger partial charge on any atom is 0.251 e. The maximum absolute atomic E-state index is 12.6. The summed E-state index contributed by atoms with van der Waals surface area (Å²) in [6, 6.07) is 6.45. The number of rotatable bonds is 8. The molecular formula is C21H32N2O3. The maximum atomic E-state index is 12.6. The van der Waals surface area contributed by atoms with Gasteiger partial charge in [0.25, 0.3) is 5.91 Å². The highest BCUT2D eigenvalue weighted by Gasteiger charge is 2.25. The van der Waals surface area contributed by atoms with E-state index in [9.17, 15) is 9.59 Å². The Morgan fingerprint density at radius 3 is 2.35 bits per heavy atom. The number of amides is 2. The van der Waals surface area contributed by atoms with Gasteiger partial charge in [0.1, 0.15) is 11.8 Å². The van der Waals surface area contributed by atoms with E-state index in [1.807, 2.05) is 20.8 Å². The Morgan fingerprint density at radius 1 is 1.12 bits per heavy atom. The fraction of sp³-hybridized carbons (Fsp3) is 0.619. The standard InChI is InChI=1S/C21H32N2O3/c1-4-26-18-12-10-17(11-13-18)20(24)23-19(15(2)3)21(25)22-14-16-8-6-5-7-9-16/h10-13,15-16,19H,4-9,14H2,1-3H3,(H,22,25)(H,23,24)/t19-/m1/s1. The van der Waals surface area contributed by atoms with Crippen LogP contribution >= 0.6 is 0 Å². The molecule has 2 rings (SSSR count). The van der Waals surface area contributed by atoms with Gasteiger partial charge in [-0.3, -0.25) is 9.59 Å². The molecule has 1 saturated carbocycles. The van der Waals surface area contributed by atoms with Crippen LogP contribution < -0.4 is 15.4 Å². The van der Waals surface area contributed by atoms with Gasteiger partial charge in [-0.05, 0) is 55.9 Å². The molecule has 0 saturated heterocycles. The minimum Gasteiger partial charge on any atom is -0.494 e. The van der Waals surface area contributed by atoms with Gasteiger partial charge >= 0.3 is 0 Å². The molecule has 2 amide bonds. The van der Waals surface area contributed by atoms with Crippen LogP contribution in [-0.4, -0.2) is 31.0 Å². The van der Waals surface area contributed by atoms with Gasteiger partial charge < -0.3 is 15.4 Å². The van der Waals surface area contributed by atoms with Gasteiger partial charge in [0.05, 0.1) is 6.61 Å².